The highest BCUT2D eigenvalue weighted by atomic mass is 16.2. The van der Waals surface area contributed by atoms with Crippen molar-refractivity contribution in [1.82, 2.24) is 14.9 Å². The highest BCUT2D eigenvalue weighted by molar-refractivity contribution is 5.82. The first-order valence-electron chi connectivity index (χ1n) is 11.6. The number of nitrogens with zero attached hydrogens (tertiary/aromatic N) is 6. The van der Waals surface area contributed by atoms with Crippen LogP contribution in [0, 0.1) is 28.6 Å². The monoisotopic (exact) mass is 438 g/mol. The van der Waals surface area contributed by atoms with Crippen molar-refractivity contribution in [2.24, 2.45) is 5.92 Å². The van der Waals surface area contributed by atoms with Crippen LogP contribution in [0.1, 0.15) is 61.0 Å². The lowest BCUT2D eigenvalue weighted by atomic mass is 9.96. The lowest BCUT2D eigenvalue weighted by Gasteiger charge is -2.41. The molecular weight excluding hydrogens is 412 g/mol. The maximum Gasteiger partial charge on any atom is 0.226 e. The summed E-state index contributed by atoms with van der Waals surface area (Å²) in [5.74, 6) is 1.49. The number of aromatic nitrogens is 2. The van der Waals surface area contributed by atoms with Gasteiger partial charge >= 0.3 is 0 Å². The molecule has 2 aromatic rings. The predicted molar refractivity (Wildman–Crippen MR) is 125 cm³/mol. The molecule has 5 rings (SSSR count). The van der Waals surface area contributed by atoms with Crippen LogP contribution in [0.4, 0.5) is 5.82 Å². The first-order chi connectivity index (χ1) is 16.0. The Kier molecular flexibility index (Phi) is 5.34. The number of hydrogen-bond acceptors (Lipinski definition) is 6. The van der Waals surface area contributed by atoms with Gasteiger partial charge in [0.25, 0.3) is 0 Å². The fourth-order valence-corrected chi connectivity index (χ4v) is 4.66. The summed E-state index contributed by atoms with van der Waals surface area (Å²) >= 11 is 0. The summed E-state index contributed by atoms with van der Waals surface area (Å²) in [5.41, 5.74) is 4.14. The Morgan fingerprint density at radius 3 is 2.48 bits per heavy atom. The molecule has 7 heteroatoms. The Balaban J connectivity index is 1.53. The molecule has 2 saturated carbocycles. The quantitative estimate of drug-likeness (QED) is 0.703. The van der Waals surface area contributed by atoms with Crippen LogP contribution in [0.2, 0.25) is 0 Å². The topological polar surface area (TPSA) is 96.9 Å². The molecule has 1 atom stereocenters. The molecule has 166 valence electrons. The maximum atomic E-state index is 12.6. The normalized spacial score (nSPS) is 20.2. The number of carbonyl (C=O) groups excluding carboxylic acids is 1. The molecule has 3 aliphatic rings. The van der Waals surface area contributed by atoms with E-state index in [1.807, 2.05) is 17.0 Å². The Morgan fingerprint density at radius 1 is 1.12 bits per heavy atom. The Morgan fingerprint density at radius 2 is 1.88 bits per heavy atom. The Labute approximate surface area is 194 Å². The number of anilines is 1. The van der Waals surface area contributed by atoms with E-state index in [0.717, 1.165) is 42.5 Å². The molecule has 7 nitrogen and oxygen atoms in total. The van der Waals surface area contributed by atoms with Gasteiger partial charge in [-0.05, 0) is 50.8 Å². The largest absolute Gasteiger partial charge is 0.352 e. The zero-order chi connectivity index (χ0) is 23.1. The summed E-state index contributed by atoms with van der Waals surface area (Å²) in [6.07, 6.45) is 7.31. The molecule has 33 heavy (non-hydrogen) atoms. The van der Waals surface area contributed by atoms with Crippen molar-refractivity contribution in [1.29, 1.82) is 10.5 Å². The Hall–Kier alpha value is -3.71. The van der Waals surface area contributed by atoms with Gasteiger partial charge in [0, 0.05) is 54.8 Å². The molecule has 3 fully saturated rings. The third-order valence-corrected chi connectivity index (χ3v) is 6.80. The van der Waals surface area contributed by atoms with Crippen molar-refractivity contribution < 1.29 is 4.79 Å². The minimum absolute atomic E-state index is 0.0739. The zero-order valence-corrected chi connectivity index (χ0v) is 18.8. The van der Waals surface area contributed by atoms with Gasteiger partial charge < -0.3 is 9.80 Å². The van der Waals surface area contributed by atoms with Gasteiger partial charge in [-0.15, -0.1) is 0 Å². The first kappa shape index (κ1) is 21.2. The molecule has 0 spiro atoms. The van der Waals surface area contributed by atoms with Gasteiger partial charge in [-0.3, -0.25) is 9.78 Å². The van der Waals surface area contributed by atoms with Crippen LogP contribution in [0.5, 0.6) is 0 Å². The smallest absolute Gasteiger partial charge is 0.226 e. The van der Waals surface area contributed by atoms with Crippen LogP contribution in [-0.2, 0) is 4.79 Å². The summed E-state index contributed by atoms with van der Waals surface area (Å²) in [6.45, 7) is 7.83. The van der Waals surface area contributed by atoms with Crippen molar-refractivity contribution >= 4 is 17.8 Å². The third-order valence-electron chi connectivity index (χ3n) is 6.80. The van der Waals surface area contributed by atoms with E-state index in [-0.39, 0.29) is 17.9 Å². The number of carbonyl (C=O) groups is 1. The summed E-state index contributed by atoms with van der Waals surface area (Å²) < 4.78 is 0. The van der Waals surface area contributed by atoms with Gasteiger partial charge in [-0.25, -0.2) is 4.98 Å². The second-order valence-electron chi connectivity index (χ2n) is 9.25. The maximum absolute atomic E-state index is 12.6. The predicted octanol–water partition coefficient (Wildman–Crippen LogP) is 3.85. The van der Waals surface area contributed by atoms with Crippen molar-refractivity contribution in [2.45, 2.75) is 44.6 Å². The molecule has 1 saturated heterocycles. The zero-order valence-electron chi connectivity index (χ0n) is 18.8. The highest BCUT2D eigenvalue weighted by Gasteiger charge is 2.38. The molecule has 1 unspecified atom stereocenters. The number of pyridine rings is 2. The summed E-state index contributed by atoms with van der Waals surface area (Å²) in [5, 5.41) is 19.7. The van der Waals surface area contributed by atoms with Gasteiger partial charge in [-0.2, -0.15) is 10.5 Å². The van der Waals surface area contributed by atoms with Crippen molar-refractivity contribution in [3.8, 4) is 23.3 Å². The fourth-order valence-electron chi connectivity index (χ4n) is 4.66. The van der Waals surface area contributed by atoms with E-state index in [9.17, 15) is 15.3 Å². The van der Waals surface area contributed by atoms with Crippen LogP contribution < -0.4 is 4.90 Å². The van der Waals surface area contributed by atoms with E-state index in [1.165, 1.54) is 0 Å². The standard InChI is InChI=1S/C26H26N6O/c1-3-21-11-22(20(13-28)14-29-21)23-10-19(12-27)25(30-24(23)17-4-5-17)31-8-9-32(16(2)15-31)26(33)18-6-7-18/h3,10-11,14,16-18H,1,4-9,15H2,2H3. The first-order valence-corrected chi connectivity index (χ1v) is 11.6. The van der Waals surface area contributed by atoms with Crippen LogP contribution in [-0.4, -0.2) is 46.5 Å². The molecule has 0 N–H and O–H groups in total. The molecule has 0 aromatic carbocycles. The Bertz CT molecular complexity index is 1210. The van der Waals surface area contributed by atoms with Crippen LogP contribution in [0.15, 0.2) is 24.9 Å². The lowest BCUT2D eigenvalue weighted by Crippen LogP contribution is -2.54. The van der Waals surface area contributed by atoms with Crippen molar-refractivity contribution in [3.05, 3.63) is 47.4 Å². The lowest BCUT2D eigenvalue weighted by molar-refractivity contribution is -0.134. The molecular formula is C26H26N6O. The van der Waals surface area contributed by atoms with Gasteiger partial charge in [0.05, 0.1) is 22.5 Å². The molecule has 3 heterocycles. The van der Waals surface area contributed by atoms with Gasteiger partial charge in [0.2, 0.25) is 5.91 Å². The number of piperazine rings is 1. The van der Waals surface area contributed by atoms with Crippen molar-refractivity contribution in [3.63, 3.8) is 0 Å². The van der Waals surface area contributed by atoms with Crippen LogP contribution in [0.25, 0.3) is 17.2 Å². The van der Waals surface area contributed by atoms with Crippen molar-refractivity contribution in [2.75, 3.05) is 24.5 Å². The van der Waals surface area contributed by atoms with Crippen LogP contribution in [0.3, 0.4) is 0 Å². The molecule has 2 aliphatic carbocycles. The molecule has 2 aromatic heterocycles. The molecule has 1 amide bonds. The van der Waals surface area contributed by atoms with Gasteiger partial charge in [0.1, 0.15) is 18.0 Å². The summed E-state index contributed by atoms with van der Waals surface area (Å²) in [7, 11) is 0. The van der Waals surface area contributed by atoms with Gasteiger partial charge in [0.15, 0.2) is 0 Å². The second-order valence-corrected chi connectivity index (χ2v) is 9.25. The highest BCUT2D eigenvalue weighted by Crippen LogP contribution is 2.45. The van der Waals surface area contributed by atoms with E-state index in [2.05, 4.69) is 35.5 Å². The molecule has 0 bridgehead atoms. The van der Waals surface area contributed by atoms with E-state index < -0.39 is 0 Å². The number of nitriles is 2. The SMILES string of the molecule is C=Cc1cc(-c2cc(C#N)c(N3CCN(C(=O)C4CC4)C(C)C3)nc2C2CC2)c(C#N)cn1. The van der Waals surface area contributed by atoms with Crippen LogP contribution >= 0.6 is 0 Å². The van der Waals surface area contributed by atoms with Gasteiger partial charge in [-0.1, -0.05) is 6.58 Å². The number of rotatable bonds is 5. The number of amides is 1. The minimum atomic E-state index is 0.0739. The van der Waals surface area contributed by atoms with E-state index in [4.69, 9.17) is 4.98 Å². The average molecular weight is 439 g/mol. The van der Waals surface area contributed by atoms with E-state index in [1.54, 1.807) is 12.3 Å². The second kappa shape index (κ2) is 8.33. The molecule has 0 radical (unpaired) electrons. The van der Waals surface area contributed by atoms with E-state index >= 15 is 0 Å². The fraction of sp³-hybridized carbons (Fsp3) is 0.423. The molecule has 1 aliphatic heterocycles. The minimum Gasteiger partial charge on any atom is -0.352 e. The van der Waals surface area contributed by atoms with E-state index in [0.29, 0.717) is 48.2 Å². The third kappa shape index (κ3) is 3.96. The number of hydrogen-bond donors (Lipinski definition) is 0. The summed E-state index contributed by atoms with van der Waals surface area (Å²) in [6, 6.07) is 8.36. The average Bonchev–Trinajstić information content (AvgIpc) is 3.75. The summed E-state index contributed by atoms with van der Waals surface area (Å²) in [4.78, 5) is 26.0.